The fourth-order valence-corrected chi connectivity index (χ4v) is 23.7. The quantitative estimate of drug-likeness (QED) is 0.276. The Balaban J connectivity index is 0.00000193. The van der Waals surface area contributed by atoms with Crippen LogP contribution in [0.15, 0.2) is 46.8 Å². The van der Waals surface area contributed by atoms with Crippen molar-refractivity contribution in [2.24, 2.45) is 0 Å². The van der Waals surface area contributed by atoms with E-state index in [1.165, 1.54) is 63.5 Å². The minimum absolute atomic E-state index is 0. The zero-order valence-electron chi connectivity index (χ0n) is 21.6. The molecule has 0 saturated carbocycles. The Morgan fingerprint density at radius 3 is 1.36 bits per heavy atom. The van der Waals surface area contributed by atoms with E-state index in [0.29, 0.717) is 6.34 Å². The van der Waals surface area contributed by atoms with Gasteiger partial charge in [-0.05, 0) is 0 Å². The maximum atomic E-state index is 2.93. The molecule has 184 valence electrons. The minimum atomic E-state index is -1.08. The molecule has 33 heavy (non-hydrogen) atoms. The molecule has 4 aliphatic rings. The maximum absolute atomic E-state index is 2.93. The predicted molar refractivity (Wildman–Crippen MR) is 140 cm³/mol. The van der Waals surface area contributed by atoms with E-state index in [0.717, 1.165) is 0 Å². The first-order valence-electron chi connectivity index (χ1n) is 13.6. The van der Waals surface area contributed by atoms with Crippen molar-refractivity contribution in [3.63, 3.8) is 0 Å². The van der Waals surface area contributed by atoms with Crippen LogP contribution >= 0.6 is 0 Å². The summed E-state index contributed by atoms with van der Waals surface area (Å²) in [5.41, 5.74) is 0. The van der Waals surface area contributed by atoms with E-state index >= 15 is 0 Å². The second-order valence-electron chi connectivity index (χ2n) is 11.3. The minimum Gasteiger partial charge on any atom is -1.00 e. The summed E-state index contributed by atoms with van der Waals surface area (Å²) in [6.45, 7) is 9.79. The fourth-order valence-electron chi connectivity index (χ4n) is 6.75. The standard InChI is InChI=1S/2C14H23Si.2ClH.Hf/c2*1-3-5-7-13-8-9-14(12-13)15(4-2)10-6-11-15;;;/h2*8-9,12H,3-7,10-11H2,1-2H3;2*1H;/q;;;;+2/p-2. The van der Waals surface area contributed by atoms with Crippen LogP contribution in [-0.4, -0.2) is 16.1 Å². The average molecular weight is 688 g/mol. The van der Waals surface area contributed by atoms with E-state index in [9.17, 15) is 0 Å². The molecule has 2 heterocycles. The van der Waals surface area contributed by atoms with Gasteiger partial charge in [0, 0.05) is 0 Å². The van der Waals surface area contributed by atoms with Crippen LogP contribution in [0.5, 0.6) is 0 Å². The van der Waals surface area contributed by atoms with E-state index in [2.05, 4.69) is 64.2 Å². The number of unbranched alkanes of at least 4 members (excludes halogenated alkanes) is 2. The molecule has 2 fully saturated rings. The van der Waals surface area contributed by atoms with Gasteiger partial charge in [0.05, 0.1) is 0 Å². The third-order valence-corrected chi connectivity index (χ3v) is 27.9. The van der Waals surface area contributed by atoms with Gasteiger partial charge in [0.2, 0.25) is 0 Å². The Kier molecular flexibility index (Phi) is 11.3. The molecule has 0 N–H and O–H groups in total. The molecule has 2 aliphatic heterocycles. The van der Waals surface area contributed by atoms with E-state index < -0.39 is 39.1 Å². The van der Waals surface area contributed by atoms with Gasteiger partial charge in [-0.15, -0.1) is 0 Å². The Labute approximate surface area is 230 Å². The molecule has 4 rings (SSSR count). The van der Waals surface area contributed by atoms with Crippen molar-refractivity contribution in [3.8, 4) is 0 Å². The van der Waals surface area contributed by atoms with Gasteiger partial charge in [0.1, 0.15) is 0 Å². The van der Waals surface area contributed by atoms with Crippen molar-refractivity contribution in [3.05, 3.63) is 46.8 Å². The molecule has 2 unspecified atom stereocenters. The monoisotopic (exact) mass is 688 g/mol. The normalized spacial score (nSPS) is 30.3. The molecule has 0 spiro atoms. The zero-order valence-corrected chi connectivity index (χ0v) is 28.7. The molecule has 0 nitrogen and oxygen atoms in total. The summed E-state index contributed by atoms with van der Waals surface area (Å²) in [5.74, 6) is 0. The number of hydrogen-bond acceptors (Lipinski definition) is 0. The first-order chi connectivity index (χ1) is 15.0. The SMILES string of the molecule is CCCC[C]1([Hf+2][C]2(CCCC)C=CC([Si]3(CC)CCC3)=C2)C=CC([Si]2(CC)CCC2)=C1.[Cl-].[Cl-]. The summed E-state index contributed by atoms with van der Waals surface area (Å²) < 4.78 is 1.03. The van der Waals surface area contributed by atoms with Crippen molar-refractivity contribution >= 4 is 16.1 Å². The van der Waals surface area contributed by atoms with Crippen molar-refractivity contribution in [1.29, 1.82) is 0 Å². The van der Waals surface area contributed by atoms with E-state index in [4.69, 9.17) is 0 Å². The smallest absolute Gasteiger partial charge is 1.00 e. The largest absolute Gasteiger partial charge is 1.00 e. The van der Waals surface area contributed by atoms with Crippen molar-refractivity contribution in [1.82, 2.24) is 0 Å². The molecule has 0 aromatic rings. The second-order valence-corrected chi connectivity index (χ2v) is 28.5. The Morgan fingerprint density at radius 2 is 1.09 bits per heavy atom. The van der Waals surface area contributed by atoms with Crippen molar-refractivity contribution < 1.29 is 47.7 Å². The summed E-state index contributed by atoms with van der Waals surface area (Å²) >= 11 is -1.00. The van der Waals surface area contributed by atoms with Crippen LogP contribution in [0.4, 0.5) is 0 Å². The zero-order chi connectivity index (χ0) is 22.0. The van der Waals surface area contributed by atoms with Crippen LogP contribution in [0.25, 0.3) is 0 Å². The van der Waals surface area contributed by atoms with Crippen LogP contribution < -0.4 is 24.8 Å². The first-order valence-corrected chi connectivity index (χ1v) is 22.5. The van der Waals surface area contributed by atoms with E-state index in [1.54, 1.807) is 24.2 Å². The van der Waals surface area contributed by atoms with Crippen LogP contribution in [0.1, 0.15) is 79.1 Å². The Hall–Kier alpha value is 0.844. The number of allylic oxidation sites excluding steroid dienone is 8. The predicted octanol–water partition coefficient (Wildman–Crippen LogP) is 3.59. The molecule has 2 aliphatic carbocycles. The van der Waals surface area contributed by atoms with Gasteiger partial charge in [-0.1, -0.05) is 0 Å². The van der Waals surface area contributed by atoms with Gasteiger partial charge in [0.15, 0.2) is 0 Å². The van der Waals surface area contributed by atoms with Crippen LogP contribution in [0, 0.1) is 0 Å². The third kappa shape index (κ3) is 5.89. The van der Waals surface area contributed by atoms with E-state index in [-0.39, 0.29) is 24.8 Å². The fraction of sp³-hybridized carbons (Fsp3) is 0.714. The summed E-state index contributed by atoms with van der Waals surface area (Å²) in [7, 11) is -2.17. The molecule has 0 aromatic carbocycles. The van der Waals surface area contributed by atoms with Gasteiger partial charge in [-0.25, -0.2) is 0 Å². The second kappa shape index (κ2) is 12.4. The van der Waals surface area contributed by atoms with Crippen molar-refractivity contribution in [2.45, 2.75) is 122 Å². The third-order valence-electron chi connectivity index (χ3n) is 9.50. The molecule has 5 heteroatoms. The maximum Gasteiger partial charge on any atom is -1.00 e. The Bertz CT molecular complexity index is 704. The Morgan fingerprint density at radius 1 is 0.697 bits per heavy atom. The summed E-state index contributed by atoms with van der Waals surface area (Å²) in [6, 6.07) is 9.27. The molecular weight excluding hydrogens is 642 g/mol. The van der Waals surface area contributed by atoms with Gasteiger partial charge in [-0.3, -0.25) is 0 Å². The topological polar surface area (TPSA) is 0 Å². The van der Waals surface area contributed by atoms with Crippen LogP contribution in [0.3, 0.4) is 0 Å². The summed E-state index contributed by atoms with van der Waals surface area (Å²) in [6.07, 6.45) is 28.2. The van der Waals surface area contributed by atoms with E-state index in [1.807, 2.05) is 10.4 Å². The molecule has 2 saturated heterocycles. The molecule has 0 radical (unpaired) electrons. The molecule has 0 amide bonds. The molecule has 0 aromatic heterocycles. The van der Waals surface area contributed by atoms with Gasteiger partial charge in [0.25, 0.3) is 0 Å². The summed E-state index contributed by atoms with van der Waals surface area (Å²) in [5, 5.41) is 3.78. The molecule has 2 atom stereocenters. The van der Waals surface area contributed by atoms with Gasteiger partial charge in [-0.2, -0.15) is 0 Å². The number of hydrogen-bond donors (Lipinski definition) is 0. The number of rotatable bonds is 12. The first kappa shape index (κ1) is 30.1. The number of halogens is 2. The molecule has 0 bridgehead atoms. The van der Waals surface area contributed by atoms with Gasteiger partial charge >= 0.3 is 208 Å². The van der Waals surface area contributed by atoms with Gasteiger partial charge < -0.3 is 24.8 Å². The summed E-state index contributed by atoms with van der Waals surface area (Å²) in [4.78, 5) is 0. The molecular formula is C28H46Cl2HfSi2. The van der Waals surface area contributed by atoms with Crippen LogP contribution in [-0.2, 0) is 22.9 Å². The van der Waals surface area contributed by atoms with Crippen molar-refractivity contribution in [2.75, 3.05) is 0 Å². The van der Waals surface area contributed by atoms with Crippen LogP contribution in [0.2, 0.25) is 42.6 Å². The average Bonchev–Trinajstić information content (AvgIpc) is 3.31.